The molecule has 23 heteroatoms. The summed E-state index contributed by atoms with van der Waals surface area (Å²) in [6.07, 6.45) is -0.806. The van der Waals surface area contributed by atoms with Crippen LogP contribution in [0.15, 0.2) is 114 Å². The quantitative estimate of drug-likeness (QED) is 0.0316. The number of fused-ring (bicyclic) bond motifs is 2. The van der Waals surface area contributed by atoms with Gasteiger partial charge in [-0.15, -0.1) is 0 Å². The van der Waals surface area contributed by atoms with E-state index in [4.69, 9.17) is 38.9 Å². The van der Waals surface area contributed by atoms with E-state index in [1.165, 1.54) is 48.0 Å². The first-order valence-electron chi connectivity index (χ1n) is 30.0. The molecule has 0 bridgehead atoms. The molecule has 4 aliphatic heterocycles. The molecule has 0 aromatic heterocycles. The maximum Gasteiger partial charge on any atom is 0.407 e. The van der Waals surface area contributed by atoms with Crippen molar-refractivity contribution < 1.29 is 66.2 Å². The second-order valence-electron chi connectivity index (χ2n) is 24.3. The fourth-order valence-corrected chi connectivity index (χ4v) is 12.3. The second kappa shape index (κ2) is 34.1. The number of sulfonamides is 1. The van der Waals surface area contributed by atoms with Gasteiger partial charge in [0, 0.05) is 64.2 Å². The van der Waals surface area contributed by atoms with Crippen LogP contribution in [-0.4, -0.2) is 149 Å². The SMILES string of the molecule is CC(=O)Nc1ccc(C)cc1.CC(=O)Nc1ccc(S(=O)(=O)N(CC(O)C(Cc2ccccc2)NC(=O)OC2COC3OCCC23)CC(C)(C)CCC#N)cc1.CC(C)(CCC#N)CNCC(O)C(Cc1ccccc1)NC(=O)OC1COC2OCCC12. The molecule has 88 heavy (non-hydrogen) atoms. The number of amides is 4. The van der Waals surface area contributed by atoms with Crippen LogP contribution in [0.3, 0.4) is 0 Å². The van der Waals surface area contributed by atoms with E-state index in [9.17, 15) is 37.8 Å². The highest BCUT2D eigenvalue weighted by atomic mass is 32.2. The molecule has 4 aromatic rings. The number of carbonyl (C=O) groups is 4. The van der Waals surface area contributed by atoms with Crippen LogP contribution in [-0.2, 0) is 60.9 Å². The van der Waals surface area contributed by atoms with Crippen LogP contribution in [0.5, 0.6) is 0 Å². The number of benzene rings is 4. The summed E-state index contributed by atoms with van der Waals surface area (Å²) in [6.45, 7) is 15.1. The highest BCUT2D eigenvalue weighted by Gasteiger charge is 2.46. The molecular weight excluding hydrogens is 1150 g/mol. The number of carbonyl (C=O) groups excluding carboxylic acids is 4. The van der Waals surface area contributed by atoms with Gasteiger partial charge >= 0.3 is 12.2 Å². The topological polar surface area (TPSA) is 309 Å². The van der Waals surface area contributed by atoms with E-state index in [0.717, 1.165) is 29.7 Å². The molecule has 0 spiro atoms. The zero-order valence-corrected chi connectivity index (χ0v) is 52.3. The number of rotatable bonds is 26. The Labute approximate surface area is 518 Å². The van der Waals surface area contributed by atoms with Crippen LogP contribution in [0.4, 0.5) is 21.0 Å². The fourth-order valence-electron chi connectivity index (χ4n) is 10.7. The Morgan fingerprint density at radius 1 is 0.648 bits per heavy atom. The van der Waals surface area contributed by atoms with Crippen molar-refractivity contribution in [3.8, 4) is 12.1 Å². The van der Waals surface area contributed by atoms with E-state index >= 15 is 0 Å². The Morgan fingerprint density at radius 2 is 1.09 bits per heavy atom. The van der Waals surface area contributed by atoms with E-state index in [-0.39, 0.29) is 78.9 Å². The molecule has 10 unspecified atom stereocenters. The van der Waals surface area contributed by atoms with E-state index < -0.39 is 64.3 Å². The Morgan fingerprint density at radius 3 is 1.55 bits per heavy atom. The number of hydrogen-bond acceptors (Lipinski definition) is 17. The number of aryl methyl sites for hydroxylation is 1. The summed E-state index contributed by atoms with van der Waals surface area (Å²) < 4.78 is 62.7. The third-order valence-electron chi connectivity index (χ3n) is 15.6. The van der Waals surface area contributed by atoms with Crippen molar-refractivity contribution in [3.63, 3.8) is 0 Å². The van der Waals surface area contributed by atoms with Crippen molar-refractivity contribution in [1.82, 2.24) is 20.3 Å². The van der Waals surface area contributed by atoms with Crippen LogP contribution in [0.1, 0.15) is 96.8 Å². The summed E-state index contributed by atoms with van der Waals surface area (Å²) in [7, 11) is -4.16. The Kier molecular flexibility index (Phi) is 27.1. The third kappa shape index (κ3) is 22.8. The average molecular weight is 1240 g/mol. The lowest BCUT2D eigenvalue weighted by atomic mass is 9.88. The Balaban J connectivity index is 0.000000248. The smallest absolute Gasteiger partial charge is 0.407 e. The predicted molar refractivity (Wildman–Crippen MR) is 329 cm³/mol. The molecule has 478 valence electrons. The first-order valence-corrected chi connectivity index (χ1v) is 31.4. The van der Waals surface area contributed by atoms with Gasteiger partial charge in [0.25, 0.3) is 0 Å². The minimum Gasteiger partial charge on any atom is -0.443 e. The molecule has 8 rings (SSSR count). The van der Waals surface area contributed by atoms with Gasteiger partial charge in [0.2, 0.25) is 21.8 Å². The fraction of sp³-hybridized carbons (Fsp3) is 0.538. The molecule has 10 atom stereocenters. The second-order valence-corrected chi connectivity index (χ2v) is 26.2. The van der Waals surface area contributed by atoms with Gasteiger partial charge in [0.05, 0.1) is 79.6 Å². The molecule has 7 N–H and O–H groups in total. The Bertz CT molecular complexity index is 3040. The molecule has 4 heterocycles. The number of nitrogens with one attached hydrogen (secondary N) is 5. The van der Waals surface area contributed by atoms with Crippen LogP contribution in [0, 0.1) is 52.3 Å². The Hall–Kier alpha value is -7.03. The summed E-state index contributed by atoms with van der Waals surface area (Å²) in [5, 5.41) is 54.7. The average Bonchev–Trinajstić information content (AvgIpc) is 4.17. The summed E-state index contributed by atoms with van der Waals surface area (Å²) in [5.74, 6) is -0.326. The highest BCUT2D eigenvalue weighted by molar-refractivity contribution is 7.89. The van der Waals surface area contributed by atoms with Crippen molar-refractivity contribution in [3.05, 3.63) is 126 Å². The van der Waals surface area contributed by atoms with Crippen molar-refractivity contribution in [2.75, 3.05) is 63.2 Å². The van der Waals surface area contributed by atoms with Crippen molar-refractivity contribution in [2.45, 2.75) is 154 Å². The largest absolute Gasteiger partial charge is 0.443 e. The number of nitriles is 2. The van der Waals surface area contributed by atoms with Gasteiger partial charge in [-0.25, -0.2) is 18.0 Å². The summed E-state index contributed by atoms with van der Waals surface area (Å²) >= 11 is 0. The van der Waals surface area contributed by atoms with E-state index in [2.05, 4.69) is 52.6 Å². The summed E-state index contributed by atoms with van der Waals surface area (Å²) in [6, 6.07) is 35.3. The van der Waals surface area contributed by atoms with E-state index in [0.29, 0.717) is 64.3 Å². The monoisotopic (exact) mass is 1240 g/mol. The summed E-state index contributed by atoms with van der Waals surface area (Å²) in [4.78, 5) is 47.8. The van der Waals surface area contributed by atoms with Gasteiger partial charge in [-0.05, 0) is 104 Å². The van der Waals surface area contributed by atoms with Gasteiger partial charge in [-0.1, -0.05) is 106 Å². The molecular formula is C65H88N8O14S. The maximum atomic E-state index is 14.0. The number of ether oxygens (including phenoxy) is 6. The van der Waals surface area contributed by atoms with Crippen LogP contribution >= 0.6 is 0 Å². The third-order valence-corrected chi connectivity index (χ3v) is 17.4. The van der Waals surface area contributed by atoms with Crippen molar-refractivity contribution in [2.24, 2.45) is 22.7 Å². The molecule has 0 saturated carbocycles. The number of aliphatic hydroxyl groups is 2. The minimum absolute atomic E-state index is 0.00645. The predicted octanol–water partition coefficient (Wildman–Crippen LogP) is 7.74. The lowest BCUT2D eigenvalue weighted by Gasteiger charge is -2.35. The molecule has 4 amide bonds. The maximum absolute atomic E-state index is 14.0. The molecule has 22 nitrogen and oxygen atoms in total. The standard InChI is InChI=1S/C32H42N4O8S.C24H35N3O5.C9H11NO/c1-22(37)34-24-10-12-25(13-11-24)45(40,41)36(21-32(2,3)15-7-16-33)19-28(38)27(18-23-8-5-4-6-9-23)35-31(39)44-29-20-43-30-26(29)14-17-42-30;1-24(2,10-6-11-25)16-26-14-20(28)19(13-17-7-4-3-5-8-17)27-23(29)32-21-15-31-22-18(21)9-12-30-22;1-7-3-5-9(6-4-7)10-8(2)11/h4-6,8-13,26-30,38H,7,14-15,17-21H2,1-3H3,(H,34,37)(H,35,39);3-5,7-8,18-22,26,28H,6,9-10,12-16H2,1-2H3,(H,27,29);3-6H,1-2H3,(H,10,11). The molecule has 0 aliphatic carbocycles. The molecule has 4 fully saturated rings. The highest BCUT2D eigenvalue weighted by Crippen LogP contribution is 2.35. The molecule has 4 saturated heterocycles. The van der Waals surface area contributed by atoms with Gasteiger partial charge < -0.3 is 65.2 Å². The lowest BCUT2D eigenvalue weighted by Crippen LogP contribution is -2.52. The molecule has 4 aromatic carbocycles. The van der Waals surface area contributed by atoms with Crippen LogP contribution < -0.4 is 26.6 Å². The zero-order valence-electron chi connectivity index (χ0n) is 51.5. The zero-order chi connectivity index (χ0) is 63.9. The number of nitrogens with zero attached hydrogens (tertiary/aromatic N) is 3. The first kappa shape index (κ1) is 70.1. The molecule has 4 aliphatic rings. The van der Waals surface area contributed by atoms with Gasteiger partial charge in [0.1, 0.15) is 12.2 Å². The van der Waals surface area contributed by atoms with Gasteiger partial charge in [0.15, 0.2) is 12.6 Å². The van der Waals surface area contributed by atoms with Crippen molar-refractivity contribution in [1.29, 1.82) is 10.5 Å². The normalized spacial score (nSPS) is 20.8. The van der Waals surface area contributed by atoms with E-state index in [1.54, 1.807) is 0 Å². The number of hydrogen-bond donors (Lipinski definition) is 7. The van der Waals surface area contributed by atoms with Gasteiger partial charge in [-0.3, -0.25) is 9.59 Å². The lowest BCUT2D eigenvalue weighted by molar-refractivity contribution is -0.115. The first-order chi connectivity index (χ1) is 41.9. The number of aliphatic hydroxyl groups excluding tert-OH is 2. The summed E-state index contributed by atoms with van der Waals surface area (Å²) in [5.41, 5.74) is 3.66. The van der Waals surface area contributed by atoms with Gasteiger partial charge in [-0.2, -0.15) is 14.8 Å². The number of alkyl carbamates (subject to hydrolysis) is 2. The molecule has 0 radical (unpaired) electrons. The van der Waals surface area contributed by atoms with Crippen LogP contribution in [0.2, 0.25) is 0 Å². The van der Waals surface area contributed by atoms with Crippen molar-refractivity contribution >= 4 is 45.4 Å². The van der Waals surface area contributed by atoms with Crippen LogP contribution in [0.25, 0.3) is 0 Å². The minimum atomic E-state index is -4.16. The van der Waals surface area contributed by atoms with E-state index in [1.807, 2.05) is 106 Å². The number of anilines is 2.